The Balaban J connectivity index is 1.78. The number of carbonyl (C=O) groups is 1. The molecular weight excluding hydrogens is 302 g/mol. The number of nitrogens with zero attached hydrogens (tertiary/aromatic N) is 1. The van der Waals surface area contributed by atoms with Gasteiger partial charge in [0.15, 0.2) is 0 Å². The van der Waals surface area contributed by atoms with Gasteiger partial charge in [-0.1, -0.05) is 42.5 Å². The Hall–Kier alpha value is -3.47. The van der Waals surface area contributed by atoms with E-state index in [0.29, 0.717) is 16.5 Å². The molecule has 0 fully saturated rings. The van der Waals surface area contributed by atoms with Gasteiger partial charge in [-0.3, -0.25) is 19.9 Å². The first-order valence-electron chi connectivity index (χ1n) is 7.50. The third kappa shape index (κ3) is 2.52. The first kappa shape index (κ1) is 14.1. The predicted octanol–water partition coefficient (Wildman–Crippen LogP) is 3.33. The van der Waals surface area contributed by atoms with Crippen LogP contribution in [0, 0.1) is 0 Å². The zero-order valence-electron chi connectivity index (χ0n) is 12.6. The second-order valence-electron chi connectivity index (χ2n) is 5.45. The molecule has 5 nitrogen and oxygen atoms in total. The van der Waals surface area contributed by atoms with Crippen LogP contribution in [-0.4, -0.2) is 15.9 Å². The molecule has 1 heterocycles. The lowest BCUT2D eigenvalue weighted by molar-refractivity contribution is 0.102. The van der Waals surface area contributed by atoms with E-state index in [0.717, 1.165) is 10.8 Å². The highest BCUT2D eigenvalue weighted by atomic mass is 16.2. The lowest BCUT2D eigenvalue weighted by Crippen LogP contribution is -2.18. The Labute approximate surface area is 137 Å². The van der Waals surface area contributed by atoms with Crippen LogP contribution < -0.4 is 10.9 Å². The number of aromatic amines is 1. The summed E-state index contributed by atoms with van der Waals surface area (Å²) in [7, 11) is 0. The molecule has 116 valence electrons. The number of rotatable bonds is 2. The number of amides is 1. The molecule has 0 aliphatic rings. The van der Waals surface area contributed by atoms with Crippen molar-refractivity contribution in [2.75, 3.05) is 5.32 Å². The molecule has 1 amide bonds. The van der Waals surface area contributed by atoms with E-state index >= 15 is 0 Å². The highest BCUT2D eigenvalue weighted by Gasteiger charge is 2.09. The molecule has 0 aliphatic carbocycles. The van der Waals surface area contributed by atoms with E-state index in [2.05, 4.69) is 15.3 Å². The summed E-state index contributed by atoms with van der Waals surface area (Å²) in [5.41, 5.74) is 0.758. The van der Waals surface area contributed by atoms with Crippen LogP contribution in [0.2, 0.25) is 0 Å². The van der Waals surface area contributed by atoms with Gasteiger partial charge in [0.2, 0.25) is 5.95 Å². The molecule has 0 saturated heterocycles. The van der Waals surface area contributed by atoms with Crippen molar-refractivity contribution < 1.29 is 4.79 Å². The van der Waals surface area contributed by atoms with Crippen LogP contribution in [0.3, 0.4) is 0 Å². The summed E-state index contributed by atoms with van der Waals surface area (Å²) in [4.78, 5) is 31.5. The standard InChI is InChI=1S/C19H13N3O2/c23-17(12-6-2-1-3-7-12)21-19-20-16-11-14-9-5-4-8-13(14)10-15(16)18(24)22-19/h1-11H,(H2,20,21,22,23,24). The summed E-state index contributed by atoms with van der Waals surface area (Å²) in [6.07, 6.45) is 0. The smallest absolute Gasteiger partial charge is 0.260 e. The lowest BCUT2D eigenvalue weighted by Gasteiger charge is -2.06. The minimum absolute atomic E-state index is 0.136. The molecule has 5 heteroatoms. The third-order valence-corrected chi connectivity index (χ3v) is 3.84. The predicted molar refractivity (Wildman–Crippen MR) is 94.3 cm³/mol. The Kier molecular flexibility index (Phi) is 3.31. The Bertz CT molecular complexity index is 1120. The molecule has 0 bridgehead atoms. The maximum atomic E-state index is 12.3. The van der Waals surface area contributed by atoms with E-state index in [9.17, 15) is 9.59 Å². The number of H-pyrrole nitrogens is 1. The van der Waals surface area contributed by atoms with Gasteiger partial charge in [0.25, 0.3) is 11.5 Å². The highest BCUT2D eigenvalue weighted by molar-refractivity contribution is 6.04. The second kappa shape index (κ2) is 5.62. The molecule has 4 rings (SSSR count). The van der Waals surface area contributed by atoms with Gasteiger partial charge in [0.1, 0.15) is 0 Å². The fourth-order valence-electron chi connectivity index (χ4n) is 2.65. The van der Waals surface area contributed by atoms with Gasteiger partial charge in [0.05, 0.1) is 10.9 Å². The summed E-state index contributed by atoms with van der Waals surface area (Å²) in [6.45, 7) is 0. The fraction of sp³-hybridized carbons (Fsp3) is 0. The van der Waals surface area contributed by atoms with Crippen molar-refractivity contribution in [3.05, 3.63) is 82.6 Å². The van der Waals surface area contributed by atoms with Crippen molar-refractivity contribution in [3.63, 3.8) is 0 Å². The fourth-order valence-corrected chi connectivity index (χ4v) is 2.65. The van der Waals surface area contributed by atoms with Crippen LogP contribution in [-0.2, 0) is 0 Å². The number of hydrogen-bond acceptors (Lipinski definition) is 3. The minimum atomic E-state index is -0.320. The summed E-state index contributed by atoms with van der Waals surface area (Å²) < 4.78 is 0. The van der Waals surface area contributed by atoms with Gasteiger partial charge in [-0.2, -0.15) is 0 Å². The minimum Gasteiger partial charge on any atom is -0.292 e. The van der Waals surface area contributed by atoms with Crippen molar-refractivity contribution >= 4 is 33.5 Å². The van der Waals surface area contributed by atoms with Gasteiger partial charge in [0, 0.05) is 5.56 Å². The first-order valence-corrected chi connectivity index (χ1v) is 7.50. The van der Waals surface area contributed by atoms with Crippen LogP contribution in [0.25, 0.3) is 21.7 Å². The molecule has 0 atom stereocenters. The number of anilines is 1. The number of carbonyl (C=O) groups excluding carboxylic acids is 1. The Morgan fingerprint density at radius 3 is 2.33 bits per heavy atom. The quantitative estimate of drug-likeness (QED) is 0.557. The summed E-state index contributed by atoms with van der Waals surface area (Å²) >= 11 is 0. The molecule has 1 aromatic heterocycles. The molecule has 0 spiro atoms. The maximum Gasteiger partial charge on any atom is 0.260 e. The molecule has 4 aromatic rings. The van der Waals surface area contributed by atoms with Crippen LogP contribution in [0.4, 0.5) is 5.95 Å². The molecule has 0 radical (unpaired) electrons. The van der Waals surface area contributed by atoms with Crippen molar-refractivity contribution in [3.8, 4) is 0 Å². The van der Waals surface area contributed by atoms with Gasteiger partial charge >= 0.3 is 0 Å². The summed E-state index contributed by atoms with van der Waals surface area (Å²) in [6, 6.07) is 20.2. The van der Waals surface area contributed by atoms with Crippen LogP contribution in [0.1, 0.15) is 10.4 Å². The largest absolute Gasteiger partial charge is 0.292 e. The number of nitrogens with one attached hydrogen (secondary N) is 2. The van der Waals surface area contributed by atoms with Crippen molar-refractivity contribution in [1.29, 1.82) is 0 Å². The summed E-state index contributed by atoms with van der Waals surface area (Å²) in [5.74, 6) is -0.185. The first-order chi connectivity index (χ1) is 11.7. The number of fused-ring (bicyclic) bond motifs is 2. The van der Waals surface area contributed by atoms with Crippen molar-refractivity contribution in [1.82, 2.24) is 9.97 Å². The number of hydrogen-bond donors (Lipinski definition) is 2. The van der Waals surface area contributed by atoms with E-state index in [1.54, 1.807) is 30.3 Å². The van der Waals surface area contributed by atoms with Crippen LogP contribution in [0.5, 0.6) is 0 Å². The normalized spacial score (nSPS) is 10.8. The van der Waals surface area contributed by atoms with E-state index in [-0.39, 0.29) is 17.4 Å². The van der Waals surface area contributed by atoms with E-state index in [4.69, 9.17) is 0 Å². The van der Waals surface area contributed by atoms with E-state index in [1.807, 2.05) is 36.4 Å². The molecule has 24 heavy (non-hydrogen) atoms. The number of benzene rings is 3. The van der Waals surface area contributed by atoms with E-state index in [1.165, 1.54) is 0 Å². The van der Waals surface area contributed by atoms with Gasteiger partial charge in [-0.15, -0.1) is 0 Å². The second-order valence-corrected chi connectivity index (χ2v) is 5.45. The Morgan fingerprint density at radius 2 is 1.58 bits per heavy atom. The average Bonchev–Trinajstić information content (AvgIpc) is 2.61. The summed E-state index contributed by atoms with van der Waals surface area (Å²) in [5, 5.41) is 5.09. The zero-order chi connectivity index (χ0) is 16.5. The topological polar surface area (TPSA) is 74.8 Å². The van der Waals surface area contributed by atoms with E-state index < -0.39 is 0 Å². The van der Waals surface area contributed by atoms with Crippen LogP contribution >= 0.6 is 0 Å². The number of aromatic nitrogens is 2. The van der Waals surface area contributed by atoms with Crippen LogP contribution in [0.15, 0.2) is 71.5 Å². The highest BCUT2D eigenvalue weighted by Crippen LogP contribution is 2.19. The molecule has 0 unspecified atom stereocenters. The van der Waals surface area contributed by atoms with Gasteiger partial charge in [-0.25, -0.2) is 4.98 Å². The third-order valence-electron chi connectivity index (χ3n) is 3.84. The Morgan fingerprint density at radius 1 is 0.917 bits per heavy atom. The molecular formula is C19H13N3O2. The van der Waals surface area contributed by atoms with Gasteiger partial charge < -0.3 is 0 Å². The average molecular weight is 315 g/mol. The molecule has 2 N–H and O–H groups in total. The van der Waals surface area contributed by atoms with Crippen molar-refractivity contribution in [2.24, 2.45) is 0 Å². The zero-order valence-corrected chi connectivity index (χ0v) is 12.6. The molecule has 0 aliphatic heterocycles. The van der Waals surface area contributed by atoms with Gasteiger partial charge in [-0.05, 0) is 35.0 Å². The molecule has 3 aromatic carbocycles. The van der Waals surface area contributed by atoms with Crippen molar-refractivity contribution in [2.45, 2.75) is 0 Å². The maximum absolute atomic E-state index is 12.3. The molecule has 0 saturated carbocycles. The SMILES string of the molecule is O=C(Nc1nc2cc3ccccc3cc2c(=O)[nH]1)c1ccccc1. The lowest BCUT2D eigenvalue weighted by atomic mass is 10.1. The monoisotopic (exact) mass is 315 g/mol.